The lowest BCUT2D eigenvalue weighted by Crippen LogP contribution is -2.51. The largest absolute Gasteiger partial charge is 0.352 e. The highest BCUT2D eigenvalue weighted by atomic mass is 35.5. The molecule has 1 saturated heterocycles. The molecule has 1 aliphatic heterocycles. The number of amides is 1. The van der Waals surface area contributed by atoms with Gasteiger partial charge >= 0.3 is 0 Å². The molecule has 3 N–H and O–H groups in total. The van der Waals surface area contributed by atoms with E-state index in [2.05, 4.69) is 19.9 Å². The van der Waals surface area contributed by atoms with Crippen LogP contribution in [-0.4, -0.2) is 58.5 Å². The number of aromatic amines is 1. The van der Waals surface area contributed by atoms with Crippen LogP contribution in [0.25, 0.3) is 11.0 Å². The number of nitrogens with zero attached hydrogens (tertiary/aromatic N) is 4. The molecular formula is C21H27Cl3N6O. The second-order valence-corrected chi connectivity index (χ2v) is 7.90. The molecule has 0 aliphatic carbocycles. The molecule has 1 aliphatic rings. The summed E-state index contributed by atoms with van der Waals surface area (Å²) < 4.78 is 0. The molecule has 0 spiro atoms. The Morgan fingerprint density at radius 2 is 1.84 bits per heavy atom. The van der Waals surface area contributed by atoms with E-state index >= 15 is 0 Å². The number of nitrogens with two attached hydrogens (primary N) is 1. The van der Waals surface area contributed by atoms with E-state index in [-0.39, 0.29) is 36.6 Å². The van der Waals surface area contributed by atoms with Crippen LogP contribution in [0, 0.1) is 12.8 Å². The van der Waals surface area contributed by atoms with Crippen molar-refractivity contribution in [3.8, 4) is 0 Å². The predicted octanol–water partition coefficient (Wildman–Crippen LogP) is 3.23. The first kappa shape index (κ1) is 25.2. The van der Waals surface area contributed by atoms with Crippen LogP contribution in [0.3, 0.4) is 0 Å². The average molecular weight is 486 g/mol. The van der Waals surface area contributed by atoms with Crippen molar-refractivity contribution in [3.63, 3.8) is 0 Å². The molecule has 1 unspecified atom stereocenters. The molecule has 1 atom stereocenters. The Hall–Kier alpha value is -2.06. The van der Waals surface area contributed by atoms with E-state index in [1.165, 1.54) is 0 Å². The van der Waals surface area contributed by atoms with Crippen molar-refractivity contribution in [1.29, 1.82) is 0 Å². The Labute approximate surface area is 199 Å². The number of benzene rings is 1. The highest BCUT2D eigenvalue weighted by Crippen LogP contribution is 2.26. The number of anilines is 1. The van der Waals surface area contributed by atoms with Crippen molar-refractivity contribution < 1.29 is 4.79 Å². The highest BCUT2D eigenvalue weighted by molar-refractivity contribution is 6.30. The van der Waals surface area contributed by atoms with Gasteiger partial charge in [0, 0.05) is 43.9 Å². The molecule has 31 heavy (non-hydrogen) atoms. The zero-order valence-electron chi connectivity index (χ0n) is 17.3. The average Bonchev–Trinajstić information content (AvgIpc) is 3.14. The summed E-state index contributed by atoms with van der Waals surface area (Å²) in [6, 6.07) is 7.60. The summed E-state index contributed by atoms with van der Waals surface area (Å²) in [4.78, 5) is 29.2. The third kappa shape index (κ3) is 5.41. The fraction of sp³-hybridized carbons (Fsp3) is 0.381. The number of carbonyl (C=O) groups excluding carboxylic acids is 1. The van der Waals surface area contributed by atoms with Crippen molar-refractivity contribution in [2.24, 2.45) is 11.7 Å². The zero-order valence-corrected chi connectivity index (χ0v) is 19.6. The molecule has 3 heterocycles. The van der Waals surface area contributed by atoms with E-state index in [0.717, 1.165) is 41.1 Å². The number of nitrogens with one attached hydrogen (secondary N) is 1. The Bertz CT molecular complexity index is 1000. The van der Waals surface area contributed by atoms with E-state index < -0.39 is 0 Å². The first-order valence-electron chi connectivity index (χ1n) is 9.83. The van der Waals surface area contributed by atoms with Crippen LogP contribution >= 0.6 is 36.4 Å². The minimum absolute atomic E-state index is 0. The number of halogens is 3. The second kappa shape index (κ2) is 11.0. The maximum atomic E-state index is 13.0. The summed E-state index contributed by atoms with van der Waals surface area (Å²) in [5, 5.41) is 1.74. The number of carbonyl (C=O) groups is 1. The van der Waals surface area contributed by atoms with Gasteiger partial charge in [-0.3, -0.25) is 4.79 Å². The summed E-state index contributed by atoms with van der Waals surface area (Å²) in [5.41, 5.74) is 8.98. The molecular weight excluding hydrogens is 459 g/mol. The number of hydrogen-bond acceptors (Lipinski definition) is 5. The number of H-pyrrole nitrogens is 1. The fourth-order valence-corrected chi connectivity index (χ4v) is 4.04. The van der Waals surface area contributed by atoms with Crippen molar-refractivity contribution in [1.82, 2.24) is 19.9 Å². The van der Waals surface area contributed by atoms with Crippen molar-refractivity contribution in [3.05, 3.63) is 52.9 Å². The van der Waals surface area contributed by atoms with E-state index in [1.807, 2.05) is 42.3 Å². The van der Waals surface area contributed by atoms with Gasteiger partial charge in [-0.05, 0) is 36.6 Å². The van der Waals surface area contributed by atoms with E-state index in [4.69, 9.17) is 17.3 Å². The van der Waals surface area contributed by atoms with Gasteiger partial charge in [0.05, 0.1) is 11.3 Å². The molecule has 1 amide bonds. The van der Waals surface area contributed by atoms with Crippen LogP contribution in [0.4, 0.5) is 5.82 Å². The molecule has 10 heteroatoms. The van der Waals surface area contributed by atoms with Gasteiger partial charge in [0.15, 0.2) is 0 Å². The van der Waals surface area contributed by atoms with Crippen LogP contribution in [0.2, 0.25) is 5.02 Å². The molecule has 0 radical (unpaired) electrons. The second-order valence-electron chi connectivity index (χ2n) is 7.47. The van der Waals surface area contributed by atoms with Gasteiger partial charge in [-0.1, -0.05) is 23.7 Å². The number of hydrogen-bond donors (Lipinski definition) is 2. The van der Waals surface area contributed by atoms with Crippen LogP contribution in [0.15, 0.2) is 36.8 Å². The molecule has 0 bridgehead atoms. The normalized spacial score (nSPS) is 14.7. The quantitative estimate of drug-likeness (QED) is 0.579. The van der Waals surface area contributed by atoms with Gasteiger partial charge in [0.2, 0.25) is 5.91 Å². The Kier molecular flexibility index (Phi) is 8.94. The third-order valence-electron chi connectivity index (χ3n) is 5.57. The van der Waals surface area contributed by atoms with Gasteiger partial charge in [0.25, 0.3) is 0 Å². The monoisotopic (exact) mass is 484 g/mol. The molecule has 4 rings (SSSR count). The Morgan fingerprint density at radius 3 is 2.48 bits per heavy atom. The van der Waals surface area contributed by atoms with Crippen LogP contribution in [0.5, 0.6) is 0 Å². The van der Waals surface area contributed by atoms with Crippen molar-refractivity contribution in [2.75, 3.05) is 37.6 Å². The Balaban J connectivity index is 0.00000171. The van der Waals surface area contributed by atoms with E-state index in [1.54, 1.807) is 6.33 Å². The molecule has 0 saturated carbocycles. The maximum absolute atomic E-state index is 13.0. The zero-order chi connectivity index (χ0) is 20.4. The molecule has 1 aromatic carbocycles. The van der Waals surface area contributed by atoms with Crippen molar-refractivity contribution in [2.45, 2.75) is 13.3 Å². The van der Waals surface area contributed by atoms with Crippen LogP contribution in [-0.2, 0) is 11.2 Å². The first-order valence-corrected chi connectivity index (χ1v) is 10.2. The third-order valence-corrected chi connectivity index (χ3v) is 5.82. The minimum atomic E-state index is -0.222. The lowest BCUT2D eigenvalue weighted by molar-refractivity contribution is -0.135. The summed E-state index contributed by atoms with van der Waals surface area (Å²) in [5.74, 6) is 0.825. The minimum Gasteiger partial charge on any atom is -0.352 e. The smallest absolute Gasteiger partial charge is 0.227 e. The first-order chi connectivity index (χ1) is 14.1. The lowest BCUT2D eigenvalue weighted by Gasteiger charge is -2.37. The summed E-state index contributed by atoms with van der Waals surface area (Å²) in [6.45, 7) is 5.17. The van der Waals surface area contributed by atoms with Gasteiger partial charge < -0.3 is 20.5 Å². The Morgan fingerprint density at radius 1 is 1.16 bits per heavy atom. The molecule has 2 aromatic heterocycles. The van der Waals surface area contributed by atoms with E-state index in [9.17, 15) is 4.79 Å². The van der Waals surface area contributed by atoms with Gasteiger partial charge in [0.1, 0.15) is 17.8 Å². The predicted molar refractivity (Wildman–Crippen MR) is 130 cm³/mol. The fourth-order valence-electron chi connectivity index (χ4n) is 3.91. The van der Waals surface area contributed by atoms with Gasteiger partial charge in [-0.2, -0.15) is 0 Å². The standard InChI is InChI=1S/C21H25ClN6O.2ClH/c1-14-12-24-19-18(14)20(26-13-25-19)27-6-8-28(9-7-27)21(29)16(11-23)10-15-2-4-17(22)5-3-15;;/h2-5,12-13,16H,6-11,23H2,1H3,(H,24,25,26);2*1H. The summed E-state index contributed by atoms with van der Waals surface area (Å²) in [6.07, 6.45) is 4.16. The topological polar surface area (TPSA) is 91.1 Å². The molecule has 3 aromatic rings. The molecule has 7 nitrogen and oxygen atoms in total. The highest BCUT2D eigenvalue weighted by Gasteiger charge is 2.28. The van der Waals surface area contributed by atoms with Gasteiger partial charge in [-0.15, -0.1) is 24.8 Å². The van der Waals surface area contributed by atoms with Crippen LogP contribution in [0.1, 0.15) is 11.1 Å². The lowest BCUT2D eigenvalue weighted by atomic mass is 9.97. The number of piperazine rings is 1. The van der Waals surface area contributed by atoms with Crippen molar-refractivity contribution >= 4 is 59.2 Å². The van der Waals surface area contributed by atoms with Gasteiger partial charge in [-0.25, -0.2) is 9.97 Å². The SMILES string of the molecule is Cc1c[nH]c2ncnc(N3CCN(C(=O)C(CN)Cc4ccc(Cl)cc4)CC3)c12.Cl.Cl. The van der Waals surface area contributed by atoms with Crippen LogP contribution < -0.4 is 10.6 Å². The maximum Gasteiger partial charge on any atom is 0.227 e. The number of fused-ring (bicyclic) bond motifs is 1. The molecule has 1 fully saturated rings. The molecule has 168 valence electrons. The summed E-state index contributed by atoms with van der Waals surface area (Å²) in [7, 11) is 0. The number of rotatable bonds is 5. The van der Waals surface area contributed by atoms with E-state index in [0.29, 0.717) is 31.1 Å². The number of aromatic nitrogens is 3. The summed E-state index contributed by atoms with van der Waals surface area (Å²) >= 11 is 5.95. The number of aryl methyl sites for hydroxylation is 1.